The van der Waals surface area contributed by atoms with Crippen molar-refractivity contribution in [3.63, 3.8) is 0 Å². The standard InChI is InChI=1S/C19H19Cl2N3OS/c1-23(2)10-5-11-24(18(25)13-6-3-7-14(20)12-13)19-22-17-15(21)8-4-9-16(17)26-19/h3-4,6-9,12H,5,10-11H2,1-2H3. The summed E-state index contributed by atoms with van der Waals surface area (Å²) in [5.41, 5.74) is 1.28. The highest BCUT2D eigenvalue weighted by molar-refractivity contribution is 7.22. The van der Waals surface area contributed by atoms with Gasteiger partial charge in [-0.15, -0.1) is 0 Å². The Morgan fingerprint density at radius 1 is 1.12 bits per heavy atom. The van der Waals surface area contributed by atoms with Crippen molar-refractivity contribution in [2.45, 2.75) is 6.42 Å². The molecule has 136 valence electrons. The first kappa shape index (κ1) is 19.1. The molecule has 1 heterocycles. The lowest BCUT2D eigenvalue weighted by Gasteiger charge is -2.21. The van der Waals surface area contributed by atoms with E-state index < -0.39 is 0 Å². The Balaban J connectivity index is 1.96. The predicted octanol–water partition coefficient (Wildman–Crippen LogP) is 5.20. The van der Waals surface area contributed by atoms with Crippen LogP contribution in [0.5, 0.6) is 0 Å². The summed E-state index contributed by atoms with van der Waals surface area (Å²) in [5, 5.41) is 1.78. The molecule has 26 heavy (non-hydrogen) atoms. The molecule has 0 radical (unpaired) electrons. The number of para-hydroxylation sites is 1. The Morgan fingerprint density at radius 3 is 2.58 bits per heavy atom. The maximum Gasteiger partial charge on any atom is 0.260 e. The number of thiazole rings is 1. The number of benzene rings is 2. The van der Waals surface area contributed by atoms with Crippen LogP contribution < -0.4 is 4.90 Å². The van der Waals surface area contributed by atoms with Crippen LogP contribution in [0.1, 0.15) is 16.8 Å². The summed E-state index contributed by atoms with van der Waals surface area (Å²) in [6, 6.07) is 12.7. The van der Waals surface area contributed by atoms with Crippen LogP contribution in [0.2, 0.25) is 10.0 Å². The van der Waals surface area contributed by atoms with Gasteiger partial charge in [-0.3, -0.25) is 9.69 Å². The Labute approximate surface area is 167 Å². The van der Waals surface area contributed by atoms with Crippen molar-refractivity contribution in [2.24, 2.45) is 0 Å². The largest absolute Gasteiger partial charge is 0.309 e. The zero-order chi connectivity index (χ0) is 18.7. The van der Waals surface area contributed by atoms with Gasteiger partial charge in [0.1, 0.15) is 5.52 Å². The lowest BCUT2D eigenvalue weighted by molar-refractivity contribution is 0.0986. The fourth-order valence-electron chi connectivity index (χ4n) is 2.63. The molecule has 0 aliphatic rings. The van der Waals surface area contributed by atoms with E-state index in [0.717, 1.165) is 23.2 Å². The number of fused-ring (bicyclic) bond motifs is 1. The summed E-state index contributed by atoms with van der Waals surface area (Å²) in [6.45, 7) is 1.45. The van der Waals surface area contributed by atoms with Gasteiger partial charge >= 0.3 is 0 Å². The summed E-state index contributed by atoms with van der Waals surface area (Å²) in [4.78, 5) is 21.6. The van der Waals surface area contributed by atoms with Crippen LogP contribution in [0, 0.1) is 0 Å². The van der Waals surface area contributed by atoms with E-state index in [0.29, 0.717) is 27.3 Å². The number of rotatable bonds is 6. The molecular formula is C19H19Cl2N3OS. The highest BCUT2D eigenvalue weighted by Crippen LogP contribution is 2.33. The minimum atomic E-state index is -0.110. The van der Waals surface area contributed by atoms with Gasteiger partial charge in [0, 0.05) is 17.1 Å². The first-order valence-corrected chi connectivity index (χ1v) is 9.80. The second-order valence-electron chi connectivity index (χ2n) is 6.21. The smallest absolute Gasteiger partial charge is 0.260 e. The van der Waals surface area contributed by atoms with Gasteiger partial charge in [0.05, 0.1) is 9.72 Å². The molecule has 1 aromatic heterocycles. The molecule has 7 heteroatoms. The lowest BCUT2D eigenvalue weighted by Crippen LogP contribution is -2.33. The monoisotopic (exact) mass is 407 g/mol. The van der Waals surface area contributed by atoms with Crippen LogP contribution in [-0.4, -0.2) is 43.0 Å². The molecule has 0 spiro atoms. The molecule has 0 atom stereocenters. The number of carbonyl (C=O) groups excluding carboxylic acids is 1. The van der Waals surface area contributed by atoms with Gasteiger partial charge in [0.25, 0.3) is 5.91 Å². The van der Waals surface area contributed by atoms with E-state index >= 15 is 0 Å². The second-order valence-corrected chi connectivity index (χ2v) is 8.06. The van der Waals surface area contributed by atoms with Crippen molar-refractivity contribution < 1.29 is 4.79 Å². The van der Waals surface area contributed by atoms with Crippen LogP contribution in [0.3, 0.4) is 0 Å². The van der Waals surface area contributed by atoms with E-state index in [9.17, 15) is 4.79 Å². The first-order chi connectivity index (χ1) is 12.5. The first-order valence-electron chi connectivity index (χ1n) is 8.23. The van der Waals surface area contributed by atoms with Crippen molar-refractivity contribution >= 4 is 55.8 Å². The van der Waals surface area contributed by atoms with Crippen LogP contribution in [0.15, 0.2) is 42.5 Å². The molecule has 3 aromatic rings. The maximum atomic E-state index is 13.1. The van der Waals surface area contributed by atoms with E-state index in [4.69, 9.17) is 23.2 Å². The van der Waals surface area contributed by atoms with E-state index in [1.807, 2.05) is 32.3 Å². The van der Waals surface area contributed by atoms with Crippen LogP contribution in [0.4, 0.5) is 5.13 Å². The van der Waals surface area contributed by atoms with E-state index in [1.54, 1.807) is 29.2 Å². The van der Waals surface area contributed by atoms with Gasteiger partial charge in [-0.25, -0.2) is 4.98 Å². The number of hydrogen-bond acceptors (Lipinski definition) is 4. The molecule has 0 bridgehead atoms. The SMILES string of the molecule is CN(C)CCCN(C(=O)c1cccc(Cl)c1)c1nc2c(Cl)cccc2s1. The zero-order valence-electron chi connectivity index (χ0n) is 14.6. The number of anilines is 1. The molecule has 0 N–H and O–H groups in total. The molecule has 0 unspecified atom stereocenters. The van der Waals surface area contributed by atoms with Crippen molar-refractivity contribution in [3.8, 4) is 0 Å². The van der Waals surface area contributed by atoms with E-state index in [1.165, 1.54) is 11.3 Å². The average molecular weight is 408 g/mol. The van der Waals surface area contributed by atoms with Crippen molar-refractivity contribution in [2.75, 3.05) is 32.1 Å². The summed E-state index contributed by atoms with van der Waals surface area (Å²) in [6.07, 6.45) is 0.836. The van der Waals surface area contributed by atoms with Crippen LogP contribution in [-0.2, 0) is 0 Å². The topological polar surface area (TPSA) is 36.4 Å². The van der Waals surface area contributed by atoms with Gasteiger partial charge < -0.3 is 4.90 Å². The Kier molecular flexibility index (Phi) is 6.14. The third-order valence-corrected chi connectivity index (χ3v) is 5.48. The highest BCUT2D eigenvalue weighted by atomic mass is 35.5. The van der Waals surface area contributed by atoms with Gasteiger partial charge in [-0.1, -0.05) is 46.7 Å². The molecule has 0 saturated heterocycles. The Bertz CT molecular complexity index is 926. The summed E-state index contributed by atoms with van der Waals surface area (Å²) < 4.78 is 0.962. The Morgan fingerprint density at radius 2 is 1.88 bits per heavy atom. The number of carbonyl (C=O) groups is 1. The minimum absolute atomic E-state index is 0.110. The Hall–Kier alpha value is -1.66. The fraction of sp³-hybridized carbons (Fsp3) is 0.263. The van der Waals surface area contributed by atoms with E-state index in [2.05, 4.69) is 9.88 Å². The predicted molar refractivity (Wildman–Crippen MR) is 111 cm³/mol. The van der Waals surface area contributed by atoms with Gasteiger partial charge in [-0.2, -0.15) is 0 Å². The van der Waals surface area contributed by atoms with Gasteiger partial charge in [-0.05, 0) is 57.4 Å². The third-order valence-electron chi connectivity index (χ3n) is 3.89. The van der Waals surface area contributed by atoms with Gasteiger partial charge in [0.15, 0.2) is 5.13 Å². The van der Waals surface area contributed by atoms with Crippen molar-refractivity contribution in [1.82, 2.24) is 9.88 Å². The summed E-state index contributed by atoms with van der Waals surface area (Å²) in [7, 11) is 4.03. The molecule has 1 amide bonds. The summed E-state index contributed by atoms with van der Waals surface area (Å²) in [5.74, 6) is -0.110. The number of aromatic nitrogens is 1. The number of amides is 1. The van der Waals surface area contributed by atoms with Crippen LogP contribution >= 0.6 is 34.5 Å². The molecule has 0 fully saturated rings. The number of hydrogen-bond donors (Lipinski definition) is 0. The zero-order valence-corrected chi connectivity index (χ0v) is 16.9. The molecule has 3 rings (SSSR count). The molecular weight excluding hydrogens is 389 g/mol. The maximum absolute atomic E-state index is 13.1. The van der Waals surface area contributed by atoms with Gasteiger partial charge in [0.2, 0.25) is 0 Å². The molecule has 4 nitrogen and oxygen atoms in total. The lowest BCUT2D eigenvalue weighted by atomic mass is 10.2. The summed E-state index contributed by atoms with van der Waals surface area (Å²) >= 11 is 13.8. The molecule has 0 aliphatic carbocycles. The highest BCUT2D eigenvalue weighted by Gasteiger charge is 2.22. The normalized spacial score (nSPS) is 11.3. The quantitative estimate of drug-likeness (QED) is 0.563. The van der Waals surface area contributed by atoms with E-state index in [-0.39, 0.29) is 5.91 Å². The molecule has 2 aromatic carbocycles. The molecule has 0 aliphatic heterocycles. The minimum Gasteiger partial charge on any atom is -0.309 e. The van der Waals surface area contributed by atoms with Crippen molar-refractivity contribution in [3.05, 3.63) is 58.1 Å². The molecule has 0 saturated carbocycles. The average Bonchev–Trinajstić information content (AvgIpc) is 3.03. The fourth-order valence-corrected chi connectivity index (χ4v) is 4.11. The van der Waals surface area contributed by atoms with Crippen molar-refractivity contribution in [1.29, 1.82) is 0 Å². The number of nitrogens with zero attached hydrogens (tertiary/aromatic N) is 3. The third kappa shape index (κ3) is 4.35. The number of halogens is 2. The van der Waals surface area contributed by atoms with Crippen LogP contribution in [0.25, 0.3) is 10.2 Å². The second kappa shape index (κ2) is 8.35.